The molecule has 0 radical (unpaired) electrons. The Morgan fingerprint density at radius 1 is 1.50 bits per heavy atom. The predicted molar refractivity (Wildman–Crippen MR) is 66.7 cm³/mol. The third-order valence-corrected chi connectivity index (χ3v) is 3.38. The SMILES string of the molecule is COC(C(N)Cc1cccc(Cl)c1)C1CC1. The number of nitrogens with two attached hydrogens (primary N) is 1. The highest BCUT2D eigenvalue weighted by atomic mass is 35.5. The molecule has 16 heavy (non-hydrogen) atoms. The number of halogens is 1. The summed E-state index contributed by atoms with van der Waals surface area (Å²) in [7, 11) is 1.75. The van der Waals surface area contributed by atoms with E-state index in [-0.39, 0.29) is 12.1 Å². The van der Waals surface area contributed by atoms with Gasteiger partial charge in [-0.15, -0.1) is 0 Å². The van der Waals surface area contributed by atoms with Crippen molar-refractivity contribution in [2.45, 2.75) is 31.4 Å². The van der Waals surface area contributed by atoms with Gasteiger partial charge in [-0.2, -0.15) is 0 Å². The van der Waals surface area contributed by atoms with Crippen LogP contribution in [0.3, 0.4) is 0 Å². The fraction of sp³-hybridized carbons (Fsp3) is 0.538. The van der Waals surface area contributed by atoms with Gasteiger partial charge in [0.2, 0.25) is 0 Å². The van der Waals surface area contributed by atoms with Crippen LogP contribution in [-0.4, -0.2) is 19.3 Å². The lowest BCUT2D eigenvalue weighted by molar-refractivity contribution is 0.0627. The molecule has 0 saturated heterocycles. The zero-order chi connectivity index (χ0) is 11.5. The average molecular weight is 240 g/mol. The first-order valence-electron chi connectivity index (χ1n) is 5.73. The second-order valence-electron chi connectivity index (χ2n) is 4.54. The molecule has 2 atom stereocenters. The van der Waals surface area contributed by atoms with E-state index in [9.17, 15) is 0 Å². The van der Waals surface area contributed by atoms with Crippen LogP contribution in [0.25, 0.3) is 0 Å². The minimum absolute atomic E-state index is 0.0657. The standard InChI is InChI=1S/C13H18ClNO/c1-16-13(10-5-6-10)12(15)8-9-3-2-4-11(14)7-9/h2-4,7,10,12-13H,5-6,8,15H2,1H3. The summed E-state index contributed by atoms with van der Waals surface area (Å²) < 4.78 is 5.48. The first-order chi connectivity index (χ1) is 7.70. The fourth-order valence-corrected chi connectivity index (χ4v) is 2.41. The molecule has 0 amide bonds. The Morgan fingerprint density at radius 2 is 2.25 bits per heavy atom. The minimum Gasteiger partial charge on any atom is -0.380 e. The summed E-state index contributed by atoms with van der Waals surface area (Å²) in [5.74, 6) is 0.666. The summed E-state index contributed by atoms with van der Waals surface area (Å²) in [5.41, 5.74) is 7.37. The van der Waals surface area contributed by atoms with E-state index in [0.29, 0.717) is 5.92 Å². The van der Waals surface area contributed by atoms with E-state index in [1.165, 1.54) is 18.4 Å². The number of benzene rings is 1. The van der Waals surface area contributed by atoms with Gasteiger partial charge in [0.05, 0.1) is 6.10 Å². The molecular weight excluding hydrogens is 222 g/mol. The van der Waals surface area contributed by atoms with E-state index in [1.54, 1.807) is 7.11 Å². The average Bonchev–Trinajstić information content (AvgIpc) is 3.03. The van der Waals surface area contributed by atoms with Crippen LogP contribution < -0.4 is 5.73 Å². The van der Waals surface area contributed by atoms with Crippen LogP contribution in [0.2, 0.25) is 5.02 Å². The second kappa shape index (κ2) is 5.17. The highest BCUT2D eigenvalue weighted by Gasteiger charge is 2.35. The maximum Gasteiger partial charge on any atom is 0.0753 e. The largest absolute Gasteiger partial charge is 0.380 e. The van der Waals surface area contributed by atoms with Gasteiger partial charge in [0.1, 0.15) is 0 Å². The van der Waals surface area contributed by atoms with Crippen molar-refractivity contribution in [2.75, 3.05) is 7.11 Å². The molecule has 1 aromatic rings. The molecule has 2 rings (SSSR count). The lowest BCUT2D eigenvalue weighted by atomic mass is 9.99. The van der Waals surface area contributed by atoms with Gasteiger partial charge >= 0.3 is 0 Å². The van der Waals surface area contributed by atoms with Gasteiger partial charge in [0, 0.05) is 18.2 Å². The summed E-state index contributed by atoms with van der Waals surface area (Å²) in [6.07, 6.45) is 3.53. The molecule has 2 unspecified atom stereocenters. The molecule has 1 aromatic carbocycles. The van der Waals surface area contributed by atoms with E-state index in [0.717, 1.165) is 11.4 Å². The predicted octanol–water partition coefficient (Wildman–Crippen LogP) is 2.63. The van der Waals surface area contributed by atoms with Crippen LogP contribution in [-0.2, 0) is 11.2 Å². The Bertz CT molecular complexity index is 352. The van der Waals surface area contributed by atoms with E-state index in [4.69, 9.17) is 22.1 Å². The smallest absolute Gasteiger partial charge is 0.0753 e. The summed E-state index contributed by atoms with van der Waals surface area (Å²) in [6, 6.07) is 7.94. The van der Waals surface area contributed by atoms with Gasteiger partial charge in [0.25, 0.3) is 0 Å². The maximum absolute atomic E-state index is 6.18. The molecule has 0 heterocycles. The molecule has 1 fully saturated rings. The molecule has 1 aliphatic carbocycles. The first kappa shape index (κ1) is 11.9. The van der Waals surface area contributed by atoms with Crippen LogP contribution in [0.1, 0.15) is 18.4 Å². The van der Waals surface area contributed by atoms with Crippen molar-refractivity contribution in [3.05, 3.63) is 34.9 Å². The van der Waals surface area contributed by atoms with Crippen LogP contribution in [0.5, 0.6) is 0 Å². The Labute approximate surface area is 102 Å². The Morgan fingerprint density at radius 3 is 2.81 bits per heavy atom. The summed E-state index contributed by atoms with van der Waals surface area (Å²) >= 11 is 5.94. The molecule has 1 saturated carbocycles. The monoisotopic (exact) mass is 239 g/mol. The van der Waals surface area contributed by atoms with Crippen molar-refractivity contribution < 1.29 is 4.74 Å². The van der Waals surface area contributed by atoms with Gasteiger partial charge in [-0.25, -0.2) is 0 Å². The molecule has 0 aromatic heterocycles. The molecule has 0 bridgehead atoms. The van der Waals surface area contributed by atoms with Crippen molar-refractivity contribution in [2.24, 2.45) is 11.7 Å². The number of hydrogen-bond acceptors (Lipinski definition) is 2. The Balaban J connectivity index is 1.97. The number of methoxy groups -OCH3 is 1. The van der Waals surface area contributed by atoms with Crippen molar-refractivity contribution >= 4 is 11.6 Å². The quantitative estimate of drug-likeness (QED) is 0.858. The van der Waals surface area contributed by atoms with E-state index in [2.05, 4.69) is 6.07 Å². The van der Waals surface area contributed by atoms with Crippen LogP contribution in [0, 0.1) is 5.92 Å². The summed E-state index contributed by atoms with van der Waals surface area (Å²) in [6.45, 7) is 0. The fourth-order valence-electron chi connectivity index (χ4n) is 2.19. The Hall–Kier alpha value is -0.570. The highest BCUT2D eigenvalue weighted by molar-refractivity contribution is 6.30. The number of ether oxygens (including phenoxy) is 1. The van der Waals surface area contributed by atoms with Crippen molar-refractivity contribution in [1.29, 1.82) is 0 Å². The zero-order valence-corrected chi connectivity index (χ0v) is 10.3. The van der Waals surface area contributed by atoms with Gasteiger partial charge in [-0.1, -0.05) is 23.7 Å². The van der Waals surface area contributed by atoms with Crippen LogP contribution in [0.4, 0.5) is 0 Å². The van der Waals surface area contributed by atoms with Crippen molar-refractivity contribution in [3.63, 3.8) is 0 Å². The molecule has 88 valence electrons. The molecule has 0 aliphatic heterocycles. The molecular formula is C13H18ClNO. The summed E-state index contributed by atoms with van der Waals surface area (Å²) in [5, 5.41) is 0.769. The van der Waals surface area contributed by atoms with Crippen LogP contribution in [0.15, 0.2) is 24.3 Å². The number of rotatable bonds is 5. The third-order valence-electron chi connectivity index (χ3n) is 3.14. The van der Waals surface area contributed by atoms with Gasteiger partial charge in [-0.05, 0) is 42.9 Å². The lowest BCUT2D eigenvalue weighted by Crippen LogP contribution is -2.39. The number of hydrogen-bond donors (Lipinski definition) is 1. The van der Waals surface area contributed by atoms with Crippen LogP contribution >= 0.6 is 11.6 Å². The third kappa shape index (κ3) is 2.97. The van der Waals surface area contributed by atoms with Gasteiger partial charge < -0.3 is 10.5 Å². The molecule has 1 aliphatic rings. The Kier molecular flexibility index (Phi) is 3.85. The molecule has 2 N–H and O–H groups in total. The van der Waals surface area contributed by atoms with Gasteiger partial charge in [0.15, 0.2) is 0 Å². The van der Waals surface area contributed by atoms with E-state index >= 15 is 0 Å². The first-order valence-corrected chi connectivity index (χ1v) is 6.11. The molecule has 3 heteroatoms. The van der Waals surface area contributed by atoms with Crippen molar-refractivity contribution in [1.82, 2.24) is 0 Å². The highest BCUT2D eigenvalue weighted by Crippen LogP contribution is 2.35. The van der Waals surface area contributed by atoms with Crippen molar-refractivity contribution in [3.8, 4) is 0 Å². The molecule has 2 nitrogen and oxygen atoms in total. The van der Waals surface area contributed by atoms with E-state index < -0.39 is 0 Å². The lowest BCUT2D eigenvalue weighted by Gasteiger charge is -2.22. The second-order valence-corrected chi connectivity index (χ2v) is 4.97. The van der Waals surface area contributed by atoms with E-state index in [1.807, 2.05) is 18.2 Å². The maximum atomic E-state index is 6.18. The van der Waals surface area contributed by atoms with Gasteiger partial charge in [-0.3, -0.25) is 0 Å². The topological polar surface area (TPSA) is 35.2 Å². The summed E-state index contributed by atoms with van der Waals surface area (Å²) in [4.78, 5) is 0. The zero-order valence-electron chi connectivity index (χ0n) is 9.53. The normalized spacial score (nSPS) is 19.4. The minimum atomic E-state index is 0.0657. The molecule has 0 spiro atoms.